The Bertz CT molecular complexity index is 2120. The number of imidazole rings is 2. The maximum absolute atomic E-state index is 13.6. The van der Waals surface area contributed by atoms with Crippen LogP contribution in [0.2, 0.25) is 0 Å². The predicted octanol–water partition coefficient (Wildman–Crippen LogP) is 6.20. The van der Waals surface area contributed by atoms with Gasteiger partial charge in [-0.05, 0) is 49.7 Å². The first kappa shape index (κ1) is 38.4. The molecule has 56 heavy (non-hydrogen) atoms. The van der Waals surface area contributed by atoms with Crippen LogP contribution in [0.4, 0.5) is 9.59 Å². The Morgan fingerprint density at radius 1 is 0.696 bits per heavy atom. The molecule has 2 aliphatic rings. The second-order valence-corrected chi connectivity index (χ2v) is 15.5. The van der Waals surface area contributed by atoms with Gasteiger partial charge in [0.15, 0.2) is 0 Å². The number of aromatic nitrogens is 5. The number of benzene rings is 2. The lowest BCUT2D eigenvalue weighted by Crippen LogP contribution is -2.51. The number of carbonyl (C=O) groups is 4. The van der Waals surface area contributed by atoms with Gasteiger partial charge in [0.2, 0.25) is 11.8 Å². The third-order valence-electron chi connectivity index (χ3n) is 11.3. The second-order valence-electron chi connectivity index (χ2n) is 15.5. The number of nitrogens with one attached hydrogen (secondary N) is 4. The Kier molecular flexibility index (Phi) is 10.8. The van der Waals surface area contributed by atoms with Gasteiger partial charge in [-0.1, -0.05) is 52.0 Å². The standard InChI is InChI=1S/C41H51N9O6/c1-22(2)34(46-40(53)55-6)38(51)49-16-8-10-30(49)36-42-20-28(44-36)24-12-14-26-27-15-13-25(19-33(27)48(5)32(26)18-24)29-21-43-37(45-29)31-11-9-17-50(31)39(52)35(23(3)4)47-41(54)56-7/h12-15,18-23,30-31,34-35H,8-11,16-17H2,1-7H3,(H,42,44)(H,43,45)(H,46,53)(H,47,54)/t30-,31-,34-,35-/m0/s1. The normalized spacial score (nSPS) is 18.2. The van der Waals surface area contributed by atoms with Crippen LogP contribution >= 0.6 is 0 Å². The first-order valence-corrected chi connectivity index (χ1v) is 19.3. The number of aryl methyl sites for hydroxylation is 1. The van der Waals surface area contributed by atoms with Crippen molar-refractivity contribution < 1.29 is 28.7 Å². The van der Waals surface area contributed by atoms with Crippen molar-refractivity contribution in [3.05, 3.63) is 60.4 Å². The van der Waals surface area contributed by atoms with E-state index in [0.717, 1.165) is 81.7 Å². The fraction of sp³-hybridized carbons (Fsp3) is 0.463. The molecule has 3 aromatic heterocycles. The van der Waals surface area contributed by atoms with Gasteiger partial charge in [-0.25, -0.2) is 19.6 Å². The zero-order chi connectivity index (χ0) is 39.8. The van der Waals surface area contributed by atoms with Gasteiger partial charge in [0.25, 0.3) is 0 Å². The summed E-state index contributed by atoms with van der Waals surface area (Å²) in [4.78, 5) is 71.4. The predicted molar refractivity (Wildman–Crippen MR) is 211 cm³/mol. The molecule has 15 heteroatoms. The van der Waals surface area contributed by atoms with Gasteiger partial charge in [0.1, 0.15) is 23.7 Å². The molecular formula is C41H51N9O6. The Balaban J connectivity index is 1.11. The largest absolute Gasteiger partial charge is 0.453 e. The van der Waals surface area contributed by atoms with E-state index in [-0.39, 0.29) is 35.7 Å². The maximum atomic E-state index is 13.6. The topological polar surface area (TPSA) is 180 Å². The van der Waals surface area contributed by atoms with Crippen molar-refractivity contribution in [2.75, 3.05) is 27.3 Å². The van der Waals surface area contributed by atoms with Crippen LogP contribution in [-0.4, -0.2) is 97.7 Å². The van der Waals surface area contributed by atoms with Gasteiger partial charge >= 0.3 is 12.2 Å². The van der Waals surface area contributed by atoms with Crippen molar-refractivity contribution in [3.8, 4) is 22.5 Å². The Labute approximate surface area is 325 Å². The number of alkyl carbamates (subject to hydrolysis) is 2. The molecule has 0 aliphatic carbocycles. The van der Waals surface area contributed by atoms with E-state index in [1.165, 1.54) is 14.2 Å². The Morgan fingerprint density at radius 2 is 1.11 bits per heavy atom. The Hall–Kier alpha value is -5.86. The molecule has 0 bridgehead atoms. The van der Waals surface area contributed by atoms with E-state index in [4.69, 9.17) is 19.4 Å². The van der Waals surface area contributed by atoms with E-state index in [9.17, 15) is 19.2 Å². The van der Waals surface area contributed by atoms with Crippen LogP contribution in [0.15, 0.2) is 48.8 Å². The van der Waals surface area contributed by atoms with Gasteiger partial charge in [-0.3, -0.25) is 9.59 Å². The number of rotatable bonds is 10. The van der Waals surface area contributed by atoms with Gasteiger partial charge in [0, 0.05) is 53.1 Å². The van der Waals surface area contributed by atoms with Crippen molar-refractivity contribution in [1.29, 1.82) is 0 Å². The molecule has 4 atom stereocenters. The number of fused-ring (bicyclic) bond motifs is 3. The number of likely N-dealkylation sites (tertiary alicyclic amines) is 2. The van der Waals surface area contributed by atoms with Crippen molar-refractivity contribution in [2.24, 2.45) is 18.9 Å². The number of H-pyrrole nitrogens is 2. The number of amides is 4. The van der Waals surface area contributed by atoms with Gasteiger partial charge < -0.3 is 44.4 Å². The van der Waals surface area contributed by atoms with Gasteiger partial charge in [-0.2, -0.15) is 0 Å². The quantitative estimate of drug-likeness (QED) is 0.130. The first-order chi connectivity index (χ1) is 26.9. The molecule has 0 saturated carbocycles. The lowest BCUT2D eigenvalue weighted by atomic mass is 10.0. The second kappa shape index (κ2) is 15.7. The van der Waals surface area contributed by atoms with E-state index in [2.05, 4.69) is 68.6 Å². The highest BCUT2D eigenvalue weighted by Crippen LogP contribution is 2.37. The SMILES string of the molecule is COC(=O)N[C@H](C(=O)N1CCC[C@H]1c1ncc(-c2ccc3c4ccc(-c5cnc([C@@H]6CCCN6C(=O)[C@@H](NC(=O)OC)C(C)C)[nH]5)cc4n(C)c3c2)[nH]1)C(C)C. The molecule has 296 valence electrons. The van der Waals surface area contributed by atoms with Crippen LogP contribution in [0.25, 0.3) is 44.3 Å². The molecule has 2 saturated heterocycles. The van der Waals surface area contributed by atoms with E-state index in [0.29, 0.717) is 13.1 Å². The van der Waals surface area contributed by atoms with Crippen molar-refractivity contribution >= 4 is 45.8 Å². The number of carbonyl (C=O) groups excluding carboxylic acids is 4. The summed E-state index contributed by atoms with van der Waals surface area (Å²) in [6.45, 7) is 8.78. The molecule has 2 aliphatic heterocycles. The van der Waals surface area contributed by atoms with E-state index in [1.807, 2.05) is 49.9 Å². The molecule has 2 fully saturated rings. The summed E-state index contributed by atoms with van der Waals surface area (Å²) in [7, 11) is 4.64. The molecule has 7 rings (SSSR count). The number of hydrogen-bond acceptors (Lipinski definition) is 8. The third-order valence-corrected chi connectivity index (χ3v) is 11.3. The summed E-state index contributed by atoms with van der Waals surface area (Å²) in [5.41, 5.74) is 5.77. The number of aromatic amines is 2. The van der Waals surface area contributed by atoms with Crippen molar-refractivity contribution in [3.63, 3.8) is 0 Å². The summed E-state index contributed by atoms with van der Waals surface area (Å²) < 4.78 is 11.7. The molecule has 15 nitrogen and oxygen atoms in total. The molecule has 5 heterocycles. The highest BCUT2D eigenvalue weighted by Gasteiger charge is 2.39. The fourth-order valence-electron chi connectivity index (χ4n) is 8.23. The first-order valence-electron chi connectivity index (χ1n) is 19.3. The number of nitrogens with zero attached hydrogens (tertiary/aromatic N) is 5. The lowest BCUT2D eigenvalue weighted by Gasteiger charge is -2.30. The average molecular weight is 766 g/mol. The van der Waals surface area contributed by atoms with E-state index >= 15 is 0 Å². The smallest absolute Gasteiger partial charge is 0.407 e. The number of hydrogen-bond donors (Lipinski definition) is 4. The molecule has 4 amide bonds. The van der Waals surface area contributed by atoms with E-state index in [1.54, 1.807) is 0 Å². The van der Waals surface area contributed by atoms with Crippen LogP contribution < -0.4 is 10.6 Å². The zero-order valence-corrected chi connectivity index (χ0v) is 33.0. The number of ether oxygens (including phenoxy) is 2. The summed E-state index contributed by atoms with van der Waals surface area (Å²) in [6, 6.07) is 10.9. The van der Waals surface area contributed by atoms with Gasteiger partial charge in [-0.15, -0.1) is 0 Å². The third kappa shape index (κ3) is 7.17. The molecular weight excluding hydrogens is 715 g/mol. The van der Waals surface area contributed by atoms with E-state index < -0.39 is 24.3 Å². The summed E-state index contributed by atoms with van der Waals surface area (Å²) >= 11 is 0. The van der Waals surface area contributed by atoms with Crippen molar-refractivity contribution in [1.82, 2.24) is 44.9 Å². The van der Waals surface area contributed by atoms with Crippen LogP contribution in [0.1, 0.15) is 77.1 Å². The summed E-state index contributed by atoms with van der Waals surface area (Å²) in [6.07, 6.45) is 5.61. The average Bonchev–Trinajstić information content (AvgIpc) is 4.05. The highest BCUT2D eigenvalue weighted by molar-refractivity contribution is 6.09. The monoisotopic (exact) mass is 765 g/mol. The minimum absolute atomic E-state index is 0.113. The maximum Gasteiger partial charge on any atom is 0.407 e. The van der Waals surface area contributed by atoms with Crippen molar-refractivity contribution in [2.45, 2.75) is 77.5 Å². The minimum atomic E-state index is -0.698. The lowest BCUT2D eigenvalue weighted by molar-refractivity contribution is -0.136. The molecule has 0 radical (unpaired) electrons. The molecule has 2 aromatic carbocycles. The van der Waals surface area contributed by atoms with Crippen LogP contribution in [0.3, 0.4) is 0 Å². The van der Waals surface area contributed by atoms with Crippen LogP contribution in [0.5, 0.6) is 0 Å². The minimum Gasteiger partial charge on any atom is -0.453 e. The summed E-state index contributed by atoms with van der Waals surface area (Å²) in [5, 5.41) is 7.65. The zero-order valence-electron chi connectivity index (χ0n) is 33.0. The molecule has 5 aromatic rings. The van der Waals surface area contributed by atoms with Crippen LogP contribution in [-0.2, 0) is 26.1 Å². The molecule has 4 N–H and O–H groups in total. The Morgan fingerprint density at radius 3 is 1.48 bits per heavy atom. The number of methoxy groups -OCH3 is 2. The highest BCUT2D eigenvalue weighted by atomic mass is 16.5. The molecule has 0 unspecified atom stereocenters. The molecule has 0 spiro atoms. The van der Waals surface area contributed by atoms with Gasteiger partial charge in [0.05, 0.1) is 50.1 Å². The van der Waals surface area contributed by atoms with Crippen LogP contribution in [0, 0.1) is 11.8 Å². The fourth-order valence-corrected chi connectivity index (χ4v) is 8.23. The summed E-state index contributed by atoms with van der Waals surface area (Å²) in [5.74, 6) is 0.919.